The van der Waals surface area contributed by atoms with Gasteiger partial charge in [-0.15, -0.1) is 0 Å². The third-order valence-electron chi connectivity index (χ3n) is 3.42. The van der Waals surface area contributed by atoms with Crippen LogP contribution in [0.3, 0.4) is 0 Å². The highest BCUT2D eigenvalue weighted by Crippen LogP contribution is 2.25. The van der Waals surface area contributed by atoms with Crippen LogP contribution < -0.4 is 5.32 Å². The van der Waals surface area contributed by atoms with Crippen LogP contribution >= 0.6 is 22.6 Å². The molecule has 0 heterocycles. The third-order valence-corrected chi connectivity index (χ3v) is 4.36. The quantitative estimate of drug-likeness (QED) is 0.768. The molecule has 0 aliphatic carbocycles. The second-order valence-electron chi connectivity index (χ2n) is 4.78. The minimum atomic E-state index is -0.241. The van der Waals surface area contributed by atoms with E-state index in [0.717, 1.165) is 20.3 Å². The lowest BCUT2D eigenvalue weighted by Gasteiger charge is -2.19. The van der Waals surface area contributed by atoms with Gasteiger partial charge in [0.2, 0.25) is 0 Å². The van der Waals surface area contributed by atoms with Gasteiger partial charge in [-0.1, -0.05) is 12.1 Å². The van der Waals surface area contributed by atoms with Crippen LogP contribution in [0.25, 0.3) is 0 Å². The van der Waals surface area contributed by atoms with Gasteiger partial charge < -0.3 is 5.32 Å². The molecule has 0 radical (unpaired) electrons. The summed E-state index contributed by atoms with van der Waals surface area (Å²) in [5.74, 6) is -0.468. The Balaban J connectivity index is 2.31. The molecule has 1 nitrogen and oxygen atoms in total. The first-order chi connectivity index (χ1) is 9.51. The van der Waals surface area contributed by atoms with Crippen LogP contribution in [0.5, 0.6) is 0 Å². The maximum absolute atomic E-state index is 13.4. The summed E-state index contributed by atoms with van der Waals surface area (Å²) in [4.78, 5) is 0. The molecule has 2 aromatic carbocycles. The normalized spacial score (nSPS) is 12.4. The summed E-state index contributed by atoms with van der Waals surface area (Å²) in [7, 11) is 1.86. The van der Waals surface area contributed by atoms with Gasteiger partial charge in [0.05, 0.1) is 0 Å². The Morgan fingerprint density at radius 1 is 1.10 bits per heavy atom. The summed E-state index contributed by atoms with van der Waals surface area (Å²) in [6.45, 7) is 1.97. The molecule has 1 N–H and O–H groups in total. The zero-order valence-corrected chi connectivity index (χ0v) is 13.5. The topological polar surface area (TPSA) is 12.0 Å². The van der Waals surface area contributed by atoms with Crippen LogP contribution in [0.1, 0.15) is 22.7 Å². The van der Waals surface area contributed by atoms with Gasteiger partial charge >= 0.3 is 0 Å². The van der Waals surface area contributed by atoms with E-state index in [1.807, 2.05) is 14.0 Å². The van der Waals surface area contributed by atoms with E-state index in [4.69, 9.17) is 0 Å². The van der Waals surface area contributed by atoms with Crippen molar-refractivity contribution in [1.29, 1.82) is 0 Å². The van der Waals surface area contributed by atoms with Crippen molar-refractivity contribution in [2.75, 3.05) is 7.05 Å². The molecule has 0 aliphatic heterocycles. The molecular weight excluding hydrogens is 371 g/mol. The summed E-state index contributed by atoms with van der Waals surface area (Å²) in [5, 5.41) is 3.22. The van der Waals surface area contributed by atoms with Crippen molar-refractivity contribution in [3.63, 3.8) is 0 Å². The van der Waals surface area contributed by atoms with E-state index in [0.29, 0.717) is 6.42 Å². The van der Waals surface area contributed by atoms with E-state index in [1.165, 1.54) is 18.2 Å². The predicted molar refractivity (Wildman–Crippen MR) is 85.8 cm³/mol. The molecule has 0 amide bonds. The summed E-state index contributed by atoms with van der Waals surface area (Å²) in [5.41, 5.74) is 3.05. The average Bonchev–Trinajstić information content (AvgIpc) is 2.40. The first kappa shape index (κ1) is 15.4. The number of rotatable bonds is 4. The van der Waals surface area contributed by atoms with Gasteiger partial charge in [0, 0.05) is 9.61 Å². The van der Waals surface area contributed by atoms with E-state index in [9.17, 15) is 8.78 Å². The van der Waals surface area contributed by atoms with Gasteiger partial charge in [-0.2, -0.15) is 0 Å². The minimum Gasteiger partial charge on any atom is -0.313 e. The van der Waals surface area contributed by atoms with E-state index in [2.05, 4.69) is 27.9 Å². The molecule has 0 fully saturated rings. The highest BCUT2D eigenvalue weighted by molar-refractivity contribution is 14.1. The number of benzene rings is 2. The standard InChI is InChI=1S/C16H16F2IN/c1-10-3-4-12(17)7-11(10)8-16(20-2)14-6-5-13(18)9-15(14)19/h3-7,9,16,20H,8H2,1-2H3. The second-order valence-corrected chi connectivity index (χ2v) is 5.94. The molecule has 2 rings (SSSR count). The van der Waals surface area contributed by atoms with Crippen molar-refractivity contribution in [2.45, 2.75) is 19.4 Å². The number of nitrogens with one attached hydrogen (secondary N) is 1. The van der Waals surface area contributed by atoms with Crippen molar-refractivity contribution in [3.05, 3.63) is 68.3 Å². The number of likely N-dealkylation sites (N-methyl/N-ethyl adjacent to an activating group) is 1. The minimum absolute atomic E-state index is 0.0306. The lowest BCUT2D eigenvalue weighted by molar-refractivity contribution is 0.575. The number of hydrogen-bond acceptors (Lipinski definition) is 1. The smallest absolute Gasteiger partial charge is 0.124 e. The van der Waals surface area contributed by atoms with Gasteiger partial charge in [0.25, 0.3) is 0 Å². The summed E-state index contributed by atoms with van der Waals surface area (Å²) < 4.78 is 27.4. The fourth-order valence-electron chi connectivity index (χ4n) is 2.23. The van der Waals surface area contributed by atoms with Crippen LogP contribution in [0.4, 0.5) is 8.78 Å². The van der Waals surface area contributed by atoms with Crippen LogP contribution in [-0.4, -0.2) is 7.05 Å². The Kier molecular flexibility index (Phi) is 5.10. The van der Waals surface area contributed by atoms with Crippen LogP contribution in [0.15, 0.2) is 36.4 Å². The highest BCUT2D eigenvalue weighted by atomic mass is 127. The Hall–Kier alpha value is -1.01. The molecule has 0 aliphatic rings. The predicted octanol–water partition coefficient (Wildman–Crippen LogP) is 4.38. The third kappa shape index (κ3) is 3.55. The number of hydrogen-bond donors (Lipinski definition) is 1. The maximum atomic E-state index is 13.4. The largest absolute Gasteiger partial charge is 0.313 e. The molecule has 20 heavy (non-hydrogen) atoms. The molecule has 1 atom stereocenters. The van der Waals surface area contributed by atoms with Gasteiger partial charge in [-0.25, -0.2) is 8.78 Å². The van der Waals surface area contributed by atoms with Crippen molar-refractivity contribution < 1.29 is 8.78 Å². The summed E-state index contributed by atoms with van der Waals surface area (Å²) in [6.07, 6.45) is 0.668. The van der Waals surface area contributed by atoms with Gasteiger partial charge in [-0.05, 0) is 83.9 Å². The average molecular weight is 387 g/mol. The van der Waals surface area contributed by atoms with E-state index >= 15 is 0 Å². The zero-order chi connectivity index (χ0) is 14.7. The lowest BCUT2D eigenvalue weighted by atomic mass is 9.96. The highest BCUT2D eigenvalue weighted by Gasteiger charge is 2.15. The summed E-state index contributed by atoms with van der Waals surface area (Å²) >= 11 is 2.13. The molecule has 0 spiro atoms. The van der Waals surface area contributed by atoms with Gasteiger partial charge in [0.1, 0.15) is 11.6 Å². The van der Waals surface area contributed by atoms with Crippen molar-refractivity contribution >= 4 is 22.6 Å². The van der Waals surface area contributed by atoms with E-state index < -0.39 is 0 Å². The number of aryl methyl sites for hydroxylation is 1. The second kappa shape index (κ2) is 6.63. The Labute approximate surface area is 131 Å². The molecule has 1 unspecified atom stereocenters. The monoisotopic (exact) mass is 387 g/mol. The van der Waals surface area contributed by atoms with Gasteiger partial charge in [-0.3, -0.25) is 0 Å². The van der Waals surface area contributed by atoms with Crippen LogP contribution in [-0.2, 0) is 6.42 Å². The molecular formula is C16H16F2IN. The summed E-state index contributed by atoms with van der Waals surface area (Å²) in [6, 6.07) is 9.60. The van der Waals surface area contributed by atoms with Crippen LogP contribution in [0, 0.1) is 22.1 Å². The zero-order valence-electron chi connectivity index (χ0n) is 11.4. The van der Waals surface area contributed by atoms with E-state index in [-0.39, 0.29) is 17.7 Å². The van der Waals surface area contributed by atoms with Crippen molar-refractivity contribution in [1.82, 2.24) is 5.32 Å². The number of halogens is 3. The Bertz CT molecular complexity index is 613. The Morgan fingerprint density at radius 2 is 1.75 bits per heavy atom. The molecule has 0 aromatic heterocycles. The fourth-order valence-corrected chi connectivity index (χ4v) is 3.08. The first-order valence-corrected chi connectivity index (χ1v) is 7.46. The molecule has 0 saturated heterocycles. The molecule has 0 bridgehead atoms. The van der Waals surface area contributed by atoms with Crippen molar-refractivity contribution in [2.24, 2.45) is 0 Å². The lowest BCUT2D eigenvalue weighted by Crippen LogP contribution is -2.20. The fraction of sp³-hybridized carbons (Fsp3) is 0.250. The first-order valence-electron chi connectivity index (χ1n) is 6.38. The van der Waals surface area contributed by atoms with Gasteiger partial charge in [0.15, 0.2) is 0 Å². The molecule has 106 valence electrons. The molecule has 4 heteroatoms. The van der Waals surface area contributed by atoms with Crippen LogP contribution in [0.2, 0.25) is 0 Å². The molecule has 2 aromatic rings. The maximum Gasteiger partial charge on any atom is 0.124 e. The molecule has 0 saturated carbocycles. The SMILES string of the molecule is CNC(Cc1cc(F)ccc1C)c1ccc(F)cc1I. The van der Waals surface area contributed by atoms with E-state index in [1.54, 1.807) is 18.2 Å². The van der Waals surface area contributed by atoms with Crippen molar-refractivity contribution in [3.8, 4) is 0 Å². The Morgan fingerprint density at radius 3 is 2.40 bits per heavy atom.